The van der Waals surface area contributed by atoms with Gasteiger partial charge >= 0.3 is 0 Å². The molecule has 1 heterocycles. The van der Waals surface area contributed by atoms with Gasteiger partial charge in [0.1, 0.15) is 0 Å². The molecule has 1 N–H and O–H groups in total. The number of aryl methyl sites for hydroxylation is 1. The first-order chi connectivity index (χ1) is 9.58. The molecule has 20 heavy (non-hydrogen) atoms. The molecule has 0 fully saturated rings. The van der Waals surface area contributed by atoms with Gasteiger partial charge in [-0.2, -0.15) is 8.78 Å². The van der Waals surface area contributed by atoms with Crippen LogP contribution in [0.25, 0.3) is 0 Å². The molecule has 0 bridgehead atoms. The molecule has 0 aliphatic rings. The van der Waals surface area contributed by atoms with Crippen molar-refractivity contribution in [2.24, 2.45) is 0 Å². The Kier molecular flexibility index (Phi) is 5.43. The summed E-state index contributed by atoms with van der Waals surface area (Å²) in [5.74, 6) is -2.37. The Bertz CT molecular complexity index is 537. The van der Waals surface area contributed by atoms with E-state index in [9.17, 15) is 8.78 Å². The van der Waals surface area contributed by atoms with E-state index in [4.69, 9.17) is 0 Å². The number of rotatable bonds is 6. The minimum absolute atomic E-state index is 0.217. The number of thioether (sulfide) groups is 1. The van der Waals surface area contributed by atoms with Gasteiger partial charge in [0, 0.05) is 20.3 Å². The maximum absolute atomic E-state index is 12.2. The molecule has 1 unspecified atom stereocenters. The van der Waals surface area contributed by atoms with Gasteiger partial charge in [0.05, 0.1) is 6.04 Å². The number of thiophene rings is 1. The summed E-state index contributed by atoms with van der Waals surface area (Å²) in [6.45, 7) is 4.25. The van der Waals surface area contributed by atoms with E-state index in [1.165, 1.54) is 9.75 Å². The lowest BCUT2D eigenvalue weighted by Crippen LogP contribution is -2.04. The van der Waals surface area contributed by atoms with Crippen molar-refractivity contribution in [3.8, 4) is 0 Å². The van der Waals surface area contributed by atoms with Crippen molar-refractivity contribution in [1.29, 1.82) is 0 Å². The van der Waals surface area contributed by atoms with Crippen LogP contribution in [0.3, 0.4) is 0 Å². The third kappa shape index (κ3) is 4.21. The van der Waals surface area contributed by atoms with Crippen molar-refractivity contribution < 1.29 is 8.78 Å². The topological polar surface area (TPSA) is 12.0 Å². The average Bonchev–Trinajstić information content (AvgIpc) is 2.89. The first kappa shape index (κ1) is 15.3. The van der Waals surface area contributed by atoms with E-state index < -0.39 is 5.76 Å². The Hall–Kier alpha value is -1.07. The largest absolute Gasteiger partial charge is 0.378 e. The van der Waals surface area contributed by atoms with Crippen molar-refractivity contribution in [3.63, 3.8) is 0 Å². The zero-order chi connectivity index (χ0) is 14.5. The van der Waals surface area contributed by atoms with Crippen molar-refractivity contribution in [3.05, 3.63) is 46.2 Å². The Balaban J connectivity index is 1.98. The van der Waals surface area contributed by atoms with E-state index in [0.29, 0.717) is 16.7 Å². The lowest BCUT2D eigenvalue weighted by Gasteiger charge is -2.14. The molecule has 0 spiro atoms. The van der Waals surface area contributed by atoms with Crippen molar-refractivity contribution in [2.75, 3.05) is 5.32 Å². The molecule has 0 radical (unpaired) electrons. The highest BCUT2D eigenvalue weighted by molar-refractivity contribution is 7.99. The summed E-state index contributed by atoms with van der Waals surface area (Å²) in [7, 11) is 0. The third-order valence-corrected chi connectivity index (χ3v) is 5.06. The molecule has 0 saturated heterocycles. The number of hydrogen-bond donors (Lipinski definition) is 1. The molecule has 108 valence electrons. The lowest BCUT2D eigenvalue weighted by atomic mass is 10.2. The molecule has 1 aromatic heterocycles. The Morgan fingerprint density at radius 1 is 1.15 bits per heavy atom. The maximum Gasteiger partial charge on any atom is 0.288 e. The second kappa shape index (κ2) is 7.09. The normalized spacial score (nSPS) is 12.7. The molecule has 5 heteroatoms. The first-order valence-corrected chi connectivity index (χ1v) is 8.18. The van der Waals surface area contributed by atoms with Gasteiger partial charge in [-0.25, -0.2) is 0 Å². The van der Waals surface area contributed by atoms with E-state index in [1.807, 2.05) is 12.1 Å². The Labute approximate surface area is 126 Å². The molecule has 0 saturated carbocycles. The molecule has 0 aliphatic heterocycles. The van der Waals surface area contributed by atoms with Crippen LogP contribution in [0.15, 0.2) is 41.3 Å². The van der Waals surface area contributed by atoms with Crippen LogP contribution >= 0.6 is 23.1 Å². The molecule has 1 nitrogen and oxygen atoms in total. The summed E-state index contributed by atoms with van der Waals surface area (Å²) in [5, 5.41) is 3.39. The van der Waals surface area contributed by atoms with Gasteiger partial charge in [-0.05, 0) is 49.7 Å². The van der Waals surface area contributed by atoms with Gasteiger partial charge in [0.15, 0.2) is 0 Å². The van der Waals surface area contributed by atoms with Gasteiger partial charge in [-0.15, -0.1) is 11.3 Å². The number of benzene rings is 1. The second-order valence-electron chi connectivity index (χ2n) is 4.43. The molecule has 1 aromatic carbocycles. The first-order valence-electron chi connectivity index (χ1n) is 6.48. The average molecular weight is 313 g/mol. The number of halogens is 2. The van der Waals surface area contributed by atoms with Crippen molar-refractivity contribution in [1.82, 2.24) is 0 Å². The quantitative estimate of drug-likeness (QED) is 0.677. The Morgan fingerprint density at radius 3 is 2.40 bits per heavy atom. The maximum atomic E-state index is 12.2. The Morgan fingerprint density at radius 2 is 1.85 bits per heavy atom. The summed E-state index contributed by atoms with van der Waals surface area (Å²) in [5.41, 5.74) is 0.947. The molecule has 0 amide bonds. The van der Waals surface area contributed by atoms with Gasteiger partial charge in [0.25, 0.3) is 5.76 Å². The summed E-state index contributed by atoms with van der Waals surface area (Å²) in [4.78, 5) is 3.24. The van der Waals surface area contributed by atoms with E-state index in [2.05, 4.69) is 31.3 Å². The zero-order valence-corrected chi connectivity index (χ0v) is 13.0. The van der Waals surface area contributed by atoms with Crippen LogP contribution in [0.4, 0.5) is 14.5 Å². The van der Waals surface area contributed by atoms with Crippen LogP contribution in [0.1, 0.15) is 29.6 Å². The molecule has 0 aliphatic carbocycles. The van der Waals surface area contributed by atoms with E-state index in [1.54, 1.807) is 23.5 Å². The lowest BCUT2D eigenvalue weighted by molar-refractivity contribution is 0.252. The van der Waals surface area contributed by atoms with Crippen molar-refractivity contribution in [2.45, 2.75) is 37.0 Å². The summed E-state index contributed by atoms with van der Waals surface area (Å²) < 4.78 is 24.5. The van der Waals surface area contributed by atoms with Crippen LogP contribution in [0, 0.1) is 0 Å². The van der Waals surface area contributed by atoms with Crippen LogP contribution in [-0.4, -0.2) is 5.76 Å². The SMILES string of the molecule is CCc1ccc(C(C)Nc2ccc(SC(F)F)cc2)s1. The van der Waals surface area contributed by atoms with Gasteiger partial charge in [-0.3, -0.25) is 0 Å². The third-order valence-electron chi connectivity index (χ3n) is 2.92. The fourth-order valence-corrected chi connectivity index (χ4v) is 3.32. The highest BCUT2D eigenvalue weighted by atomic mass is 32.2. The van der Waals surface area contributed by atoms with Gasteiger partial charge in [-0.1, -0.05) is 18.7 Å². The number of nitrogens with one attached hydrogen (secondary N) is 1. The number of anilines is 1. The molecule has 2 aromatic rings. The minimum Gasteiger partial charge on any atom is -0.378 e. The molecular formula is C15H17F2NS2. The highest BCUT2D eigenvalue weighted by Gasteiger charge is 2.09. The monoisotopic (exact) mass is 313 g/mol. The summed E-state index contributed by atoms with van der Waals surface area (Å²) in [6.07, 6.45) is 1.05. The second-order valence-corrected chi connectivity index (χ2v) is 6.69. The van der Waals surface area contributed by atoms with E-state index >= 15 is 0 Å². The predicted octanol–water partition coefficient (Wildman–Crippen LogP) is 5.80. The van der Waals surface area contributed by atoms with Crippen LogP contribution in [0.2, 0.25) is 0 Å². The number of hydrogen-bond acceptors (Lipinski definition) is 3. The highest BCUT2D eigenvalue weighted by Crippen LogP contribution is 2.29. The fourth-order valence-electron chi connectivity index (χ4n) is 1.87. The number of alkyl halides is 2. The standard InChI is InChI=1S/C15H17F2NS2/c1-3-12-8-9-14(19-12)10(2)18-11-4-6-13(7-5-11)20-15(16)17/h4-10,15,18H,3H2,1-2H3. The zero-order valence-electron chi connectivity index (χ0n) is 11.4. The van der Waals surface area contributed by atoms with Gasteiger partial charge in [0.2, 0.25) is 0 Å². The molecule has 1 atom stereocenters. The van der Waals surface area contributed by atoms with Crippen molar-refractivity contribution >= 4 is 28.8 Å². The predicted molar refractivity (Wildman–Crippen MR) is 84.0 cm³/mol. The van der Waals surface area contributed by atoms with Crippen LogP contribution < -0.4 is 5.32 Å². The summed E-state index contributed by atoms with van der Waals surface area (Å²) in [6, 6.07) is 11.6. The minimum atomic E-state index is -2.37. The molecular weight excluding hydrogens is 296 g/mol. The fraction of sp³-hybridized carbons (Fsp3) is 0.333. The van der Waals surface area contributed by atoms with Crippen LogP contribution in [-0.2, 0) is 6.42 Å². The van der Waals surface area contributed by atoms with E-state index in [-0.39, 0.29) is 6.04 Å². The molecule has 2 rings (SSSR count). The smallest absolute Gasteiger partial charge is 0.288 e. The van der Waals surface area contributed by atoms with Gasteiger partial charge < -0.3 is 5.32 Å². The summed E-state index contributed by atoms with van der Waals surface area (Å²) >= 11 is 2.38. The van der Waals surface area contributed by atoms with E-state index in [0.717, 1.165) is 12.1 Å². The van der Waals surface area contributed by atoms with Crippen LogP contribution in [0.5, 0.6) is 0 Å².